The molecule has 0 amide bonds. The average molecular weight is 454 g/mol. The second-order valence-electron chi connectivity index (χ2n) is 3.71. The lowest BCUT2D eigenvalue weighted by molar-refractivity contribution is 1.14. The van der Waals surface area contributed by atoms with Gasteiger partial charge in [-0.2, -0.15) is 0 Å². The van der Waals surface area contributed by atoms with E-state index < -0.39 is 0 Å². The average Bonchev–Trinajstić information content (AvgIpc) is 2.32. The van der Waals surface area contributed by atoms with Crippen molar-refractivity contribution >= 4 is 65.1 Å². The number of anilines is 1. The molecule has 94 valence electrons. The molecule has 0 spiro atoms. The van der Waals surface area contributed by atoms with E-state index in [1.165, 1.54) is 0 Å². The summed E-state index contributed by atoms with van der Waals surface area (Å²) in [6.07, 6.45) is 0. The molecule has 0 aliphatic carbocycles. The third-order valence-electron chi connectivity index (χ3n) is 2.41. The fourth-order valence-corrected chi connectivity index (χ4v) is 2.98. The Hall–Kier alpha value is -0.0300. The van der Waals surface area contributed by atoms with Gasteiger partial charge in [-0.05, 0) is 51.8 Å². The Bertz CT molecular complexity index is 572. The van der Waals surface area contributed by atoms with E-state index in [-0.39, 0.29) is 0 Å². The van der Waals surface area contributed by atoms with Crippen LogP contribution in [-0.2, 0) is 6.54 Å². The highest BCUT2D eigenvalue weighted by atomic mass is 79.9. The first kappa shape index (κ1) is 14.4. The van der Waals surface area contributed by atoms with Crippen molar-refractivity contribution in [2.24, 2.45) is 0 Å². The Kier molecular flexibility index (Phi) is 5.13. The van der Waals surface area contributed by atoms with Crippen LogP contribution in [0.15, 0.2) is 49.8 Å². The van der Waals surface area contributed by atoms with Crippen LogP contribution in [0, 0.1) is 0 Å². The molecule has 0 fully saturated rings. The first-order valence-electron chi connectivity index (χ1n) is 5.19. The van der Waals surface area contributed by atoms with Crippen LogP contribution in [0.5, 0.6) is 0 Å². The summed E-state index contributed by atoms with van der Waals surface area (Å²) in [6.45, 7) is 0.682. The van der Waals surface area contributed by atoms with Gasteiger partial charge < -0.3 is 5.32 Å². The first-order valence-corrected chi connectivity index (χ1v) is 7.95. The maximum Gasteiger partial charge on any atom is 0.0498 e. The van der Waals surface area contributed by atoms with Crippen molar-refractivity contribution in [2.45, 2.75) is 6.54 Å². The van der Waals surface area contributed by atoms with Gasteiger partial charge >= 0.3 is 0 Å². The topological polar surface area (TPSA) is 12.0 Å². The molecule has 0 saturated heterocycles. The Labute approximate surface area is 136 Å². The van der Waals surface area contributed by atoms with Crippen molar-refractivity contribution < 1.29 is 0 Å². The van der Waals surface area contributed by atoms with Crippen molar-refractivity contribution in [2.75, 3.05) is 5.32 Å². The van der Waals surface area contributed by atoms with Gasteiger partial charge in [-0.3, -0.25) is 0 Å². The Morgan fingerprint density at radius 1 is 0.944 bits per heavy atom. The standard InChI is InChI=1S/C13H9Br3ClN/c14-9-2-1-8(12(17)5-9)7-18-13-6-10(15)3-4-11(13)16/h1-6,18H,7H2. The highest BCUT2D eigenvalue weighted by molar-refractivity contribution is 9.11. The van der Waals surface area contributed by atoms with Gasteiger partial charge in [-0.1, -0.05) is 49.5 Å². The molecule has 0 saturated carbocycles. The fraction of sp³-hybridized carbons (Fsp3) is 0.0769. The van der Waals surface area contributed by atoms with Crippen molar-refractivity contribution in [3.63, 3.8) is 0 Å². The quantitative estimate of drug-likeness (QED) is 0.579. The lowest BCUT2D eigenvalue weighted by Crippen LogP contribution is -2.00. The zero-order valence-electron chi connectivity index (χ0n) is 9.18. The molecule has 0 aromatic heterocycles. The smallest absolute Gasteiger partial charge is 0.0498 e. The van der Waals surface area contributed by atoms with Crippen LogP contribution >= 0.6 is 59.4 Å². The van der Waals surface area contributed by atoms with E-state index in [9.17, 15) is 0 Å². The van der Waals surface area contributed by atoms with Crippen LogP contribution in [0.1, 0.15) is 5.56 Å². The fourth-order valence-electron chi connectivity index (χ4n) is 1.49. The summed E-state index contributed by atoms with van der Waals surface area (Å²) in [5.41, 5.74) is 2.09. The molecule has 0 unspecified atom stereocenters. The SMILES string of the molecule is Clc1cc(Br)ccc1CNc1cc(Br)ccc1Br. The van der Waals surface area contributed by atoms with Crippen LogP contribution in [0.2, 0.25) is 5.02 Å². The molecule has 0 aliphatic rings. The number of hydrogen-bond acceptors (Lipinski definition) is 1. The second-order valence-corrected chi connectivity index (χ2v) is 6.81. The first-order chi connectivity index (χ1) is 8.56. The van der Waals surface area contributed by atoms with Crippen molar-refractivity contribution in [1.29, 1.82) is 0 Å². The van der Waals surface area contributed by atoms with Gasteiger partial charge in [-0.25, -0.2) is 0 Å². The van der Waals surface area contributed by atoms with Gasteiger partial charge in [0.2, 0.25) is 0 Å². The minimum absolute atomic E-state index is 0.682. The van der Waals surface area contributed by atoms with Gasteiger partial charge in [0.05, 0.1) is 0 Å². The van der Waals surface area contributed by atoms with E-state index in [1.807, 2.05) is 36.4 Å². The summed E-state index contributed by atoms with van der Waals surface area (Å²) in [7, 11) is 0. The van der Waals surface area contributed by atoms with Crippen LogP contribution in [0.3, 0.4) is 0 Å². The van der Waals surface area contributed by atoms with E-state index in [0.29, 0.717) is 6.54 Å². The summed E-state index contributed by atoms with van der Waals surface area (Å²) in [4.78, 5) is 0. The lowest BCUT2D eigenvalue weighted by Gasteiger charge is -2.10. The largest absolute Gasteiger partial charge is 0.380 e. The lowest BCUT2D eigenvalue weighted by atomic mass is 10.2. The van der Waals surface area contributed by atoms with E-state index in [4.69, 9.17) is 11.6 Å². The third kappa shape index (κ3) is 3.73. The van der Waals surface area contributed by atoms with E-state index in [0.717, 1.165) is 29.7 Å². The molecule has 2 aromatic carbocycles. The number of benzene rings is 2. The zero-order chi connectivity index (χ0) is 13.1. The molecule has 1 N–H and O–H groups in total. The van der Waals surface area contributed by atoms with Crippen LogP contribution in [-0.4, -0.2) is 0 Å². The van der Waals surface area contributed by atoms with Crippen LogP contribution in [0.25, 0.3) is 0 Å². The molecule has 0 heterocycles. The highest BCUT2D eigenvalue weighted by Crippen LogP contribution is 2.28. The number of hydrogen-bond donors (Lipinski definition) is 1. The van der Waals surface area contributed by atoms with Crippen molar-refractivity contribution in [1.82, 2.24) is 0 Å². The maximum absolute atomic E-state index is 6.18. The van der Waals surface area contributed by atoms with Crippen molar-refractivity contribution in [3.05, 3.63) is 60.4 Å². The zero-order valence-corrected chi connectivity index (χ0v) is 14.7. The predicted molar refractivity (Wildman–Crippen MR) is 88.3 cm³/mol. The van der Waals surface area contributed by atoms with Gasteiger partial charge in [0.25, 0.3) is 0 Å². The Morgan fingerprint density at radius 3 is 2.33 bits per heavy atom. The number of halogens is 4. The third-order valence-corrected chi connectivity index (χ3v) is 4.44. The van der Waals surface area contributed by atoms with Gasteiger partial charge in [0.15, 0.2) is 0 Å². The summed E-state index contributed by atoms with van der Waals surface area (Å²) in [6, 6.07) is 11.9. The monoisotopic (exact) mass is 451 g/mol. The van der Waals surface area contributed by atoms with Crippen molar-refractivity contribution in [3.8, 4) is 0 Å². The molecule has 0 aliphatic heterocycles. The molecular weight excluding hydrogens is 445 g/mol. The Morgan fingerprint density at radius 2 is 1.61 bits per heavy atom. The summed E-state index contributed by atoms with van der Waals surface area (Å²) >= 11 is 16.5. The summed E-state index contributed by atoms with van der Waals surface area (Å²) < 4.78 is 3.05. The van der Waals surface area contributed by atoms with Gasteiger partial charge in [0.1, 0.15) is 0 Å². The molecular formula is C13H9Br3ClN. The van der Waals surface area contributed by atoms with Crippen LogP contribution in [0.4, 0.5) is 5.69 Å². The molecule has 2 aromatic rings. The highest BCUT2D eigenvalue weighted by Gasteiger charge is 2.03. The number of rotatable bonds is 3. The molecule has 2 rings (SSSR count). The Balaban J connectivity index is 2.13. The second kappa shape index (κ2) is 6.42. The molecule has 0 bridgehead atoms. The normalized spacial score (nSPS) is 10.4. The molecule has 5 heteroatoms. The van der Waals surface area contributed by atoms with Gasteiger partial charge in [0, 0.05) is 30.7 Å². The summed E-state index contributed by atoms with van der Waals surface area (Å²) in [5, 5.41) is 4.11. The molecule has 0 atom stereocenters. The van der Waals surface area contributed by atoms with Gasteiger partial charge in [-0.15, -0.1) is 0 Å². The van der Waals surface area contributed by atoms with Crippen LogP contribution < -0.4 is 5.32 Å². The maximum atomic E-state index is 6.18. The minimum Gasteiger partial charge on any atom is -0.380 e. The van der Waals surface area contributed by atoms with E-state index in [2.05, 4.69) is 53.1 Å². The summed E-state index contributed by atoms with van der Waals surface area (Å²) in [5.74, 6) is 0. The molecule has 1 nitrogen and oxygen atoms in total. The predicted octanol–water partition coefficient (Wildman–Crippen LogP) is 6.24. The van der Waals surface area contributed by atoms with E-state index >= 15 is 0 Å². The molecule has 18 heavy (non-hydrogen) atoms. The minimum atomic E-state index is 0.682. The number of nitrogens with one attached hydrogen (secondary N) is 1. The van der Waals surface area contributed by atoms with E-state index in [1.54, 1.807) is 0 Å². The molecule has 0 radical (unpaired) electrons.